The molecule has 1 aromatic heterocycles. The van der Waals surface area contributed by atoms with Crippen LogP contribution in [0.15, 0.2) is 248 Å². The maximum Gasteiger partial charge on any atom is 0.0973 e. The van der Waals surface area contributed by atoms with Gasteiger partial charge in [-0.1, -0.05) is 164 Å². The summed E-state index contributed by atoms with van der Waals surface area (Å²) in [5.41, 5.74) is 16.5. The van der Waals surface area contributed by atoms with E-state index in [0.717, 1.165) is 85.2 Å². The molecule has 4 heteroatoms. The van der Waals surface area contributed by atoms with Crippen LogP contribution in [0, 0.1) is 0 Å². The summed E-state index contributed by atoms with van der Waals surface area (Å²) in [6, 6.07) is 74.6. The van der Waals surface area contributed by atoms with E-state index in [2.05, 4.69) is 246 Å². The molecular weight excluding hydrogens is 741 g/mol. The molecule has 1 heterocycles. The van der Waals surface area contributed by atoms with Crippen molar-refractivity contribution in [3.8, 4) is 44.8 Å². The number of rotatable bonds is 10. The molecule has 290 valence electrons. The summed E-state index contributed by atoms with van der Waals surface area (Å²) in [5, 5.41) is 0. The van der Waals surface area contributed by atoms with Crippen LogP contribution in [0.5, 0.6) is 0 Å². The van der Waals surface area contributed by atoms with Crippen LogP contribution in [-0.4, -0.2) is 9.97 Å². The molecule has 0 saturated carbocycles. The second-order valence-corrected chi connectivity index (χ2v) is 15.0. The van der Waals surface area contributed by atoms with Crippen LogP contribution in [0.2, 0.25) is 0 Å². The lowest BCUT2D eigenvalue weighted by Crippen LogP contribution is -2.15. The maximum atomic E-state index is 5.45. The van der Waals surface area contributed by atoms with E-state index in [1.54, 1.807) is 0 Å². The van der Waals surface area contributed by atoms with E-state index < -0.39 is 0 Å². The molecule has 10 rings (SSSR count). The molecule has 0 atom stereocenters. The molecule has 4 nitrogen and oxygen atoms in total. The number of benzene rings is 8. The molecule has 0 spiro atoms. The largest absolute Gasteiger partial charge is 0.311 e. The average molecular weight is 783 g/mol. The van der Waals surface area contributed by atoms with Crippen LogP contribution in [0.4, 0.5) is 28.4 Å². The van der Waals surface area contributed by atoms with E-state index in [1.807, 2.05) is 6.07 Å². The van der Waals surface area contributed by atoms with Crippen molar-refractivity contribution in [2.45, 2.75) is 6.42 Å². The fraction of sp³-hybridized carbons (Fsp3) is 0.0175. The van der Waals surface area contributed by atoms with Crippen molar-refractivity contribution in [1.82, 2.24) is 9.97 Å². The van der Waals surface area contributed by atoms with Gasteiger partial charge in [0.2, 0.25) is 0 Å². The summed E-state index contributed by atoms with van der Waals surface area (Å²) in [7, 11) is 0. The molecular formula is C57H42N4. The topological polar surface area (TPSA) is 32.3 Å². The Hall–Kier alpha value is -8.08. The Morgan fingerprint density at radius 3 is 1.52 bits per heavy atom. The first-order chi connectivity index (χ1) is 30.3. The number of hydrogen-bond donors (Lipinski definition) is 0. The minimum atomic E-state index is 0.842. The van der Waals surface area contributed by atoms with E-state index >= 15 is 0 Å². The molecule has 0 N–H and O–H groups in total. The smallest absolute Gasteiger partial charge is 0.0973 e. The van der Waals surface area contributed by atoms with Crippen molar-refractivity contribution in [1.29, 1.82) is 0 Å². The Balaban J connectivity index is 1.04. The molecule has 0 amide bonds. The zero-order chi connectivity index (χ0) is 40.8. The molecule has 8 aromatic carbocycles. The minimum absolute atomic E-state index is 0.842. The molecule has 0 fully saturated rings. The number of anilines is 5. The Morgan fingerprint density at radius 1 is 0.361 bits per heavy atom. The number of aromatic nitrogens is 2. The fourth-order valence-electron chi connectivity index (χ4n) is 8.11. The minimum Gasteiger partial charge on any atom is -0.311 e. The molecule has 0 radical (unpaired) electrons. The number of hydrogen-bond acceptors (Lipinski definition) is 4. The van der Waals surface area contributed by atoms with Gasteiger partial charge in [0.25, 0.3) is 0 Å². The van der Waals surface area contributed by atoms with Crippen LogP contribution in [-0.2, 0) is 0 Å². The van der Waals surface area contributed by atoms with Crippen LogP contribution in [0.25, 0.3) is 55.8 Å². The zero-order valence-electron chi connectivity index (χ0n) is 33.6. The van der Waals surface area contributed by atoms with Gasteiger partial charge in [-0.15, -0.1) is 0 Å². The first-order valence-corrected chi connectivity index (χ1v) is 20.7. The molecule has 0 unspecified atom stereocenters. The van der Waals surface area contributed by atoms with Gasteiger partial charge < -0.3 is 9.80 Å². The highest BCUT2D eigenvalue weighted by molar-refractivity contribution is 5.96. The fourth-order valence-corrected chi connectivity index (χ4v) is 8.11. The second-order valence-electron chi connectivity index (χ2n) is 15.0. The van der Waals surface area contributed by atoms with Crippen LogP contribution in [0.1, 0.15) is 6.42 Å². The van der Waals surface area contributed by atoms with E-state index in [4.69, 9.17) is 9.97 Å². The van der Waals surface area contributed by atoms with E-state index in [-0.39, 0.29) is 0 Å². The van der Waals surface area contributed by atoms with Gasteiger partial charge >= 0.3 is 0 Å². The summed E-state index contributed by atoms with van der Waals surface area (Å²) in [4.78, 5) is 15.4. The summed E-state index contributed by atoms with van der Waals surface area (Å²) in [6.07, 6.45) is 11.7. The van der Waals surface area contributed by atoms with Crippen LogP contribution >= 0.6 is 0 Å². The number of fused-ring (bicyclic) bond motifs is 1. The Kier molecular flexibility index (Phi) is 10.4. The molecule has 61 heavy (non-hydrogen) atoms. The molecule has 9 aromatic rings. The predicted octanol–water partition coefficient (Wildman–Crippen LogP) is 15.3. The van der Waals surface area contributed by atoms with E-state index in [1.165, 1.54) is 11.1 Å². The van der Waals surface area contributed by atoms with Crippen molar-refractivity contribution >= 4 is 39.5 Å². The Labute approximate surface area is 357 Å². The van der Waals surface area contributed by atoms with E-state index in [0.29, 0.717) is 0 Å². The lowest BCUT2D eigenvalue weighted by atomic mass is 9.97. The van der Waals surface area contributed by atoms with Crippen molar-refractivity contribution < 1.29 is 0 Å². The molecule has 1 aliphatic carbocycles. The molecule has 0 aliphatic heterocycles. The van der Waals surface area contributed by atoms with Gasteiger partial charge in [0.05, 0.1) is 22.4 Å². The highest BCUT2D eigenvalue weighted by Crippen LogP contribution is 2.40. The summed E-state index contributed by atoms with van der Waals surface area (Å²) in [5.74, 6) is 0. The third-order valence-corrected chi connectivity index (χ3v) is 11.1. The highest BCUT2D eigenvalue weighted by Gasteiger charge is 2.19. The Morgan fingerprint density at radius 2 is 0.852 bits per heavy atom. The van der Waals surface area contributed by atoms with E-state index in [9.17, 15) is 0 Å². The maximum absolute atomic E-state index is 5.45. The normalized spacial score (nSPS) is 12.2. The van der Waals surface area contributed by atoms with Gasteiger partial charge in [0.15, 0.2) is 0 Å². The lowest BCUT2D eigenvalue weighted by molar-refractivity contribution is 1.18. The lowest BCUT2D eigenvalue weighted by Gasteiger charge is -2.29. The molecule has 0 saturated heterocycles. The van der Waals surface area contributed by atoms with Crippen molar-refractivity contribution in [2.75, 3.05) is 9.80 Å². The van der Waals surface area contributed by atoms with Crippen LogP contribution < -0.4 is 9.80 Å². The monoisotopic (exact) mass is 782 g/mol. The second kappa shape index (κ2) is 17.0. The third kappa shape index (κ3) is 7.78. The first-order valence-electron chi connectivity index (χ1n) is 20.7. The molecule has 1 aliphatic rings. The van der Waals surface area contributed by atoms with Crippen molar-refractivity contribution in [3.05, 3.63) is 248 Å². The quantitative estimate of drug-likeness (QED) is 0.138. The van der Waals surface area contributed by atoms with Crippen LogP contribution in [0.3, 0.4) is 0 Å². The summed E-state index contributed by atoms with van der Waals surface area (Å²) < 4.78 is 0. The average Bonchev–Trinajstić information content (AvgIpc) is 3.63. The first kappa shape index (κ1) is 37.2. The molecule has 0 bridgehead atoms. The number of nitrogens with zero attached hydrogens (tertiary/aromatic N) is 4. The van der Waals surface area contributed by atoms with Gasteiger partial charge in [-0.05, 0) is 102 Å². The third-order valence-electron chi connectivity index (χ3n) is 11.1. The Bertz CT molecular complexity index is 3010. The van der Waals surface area contributed by atoms with Crippen molar-refractivity contribution in [2.24, 2.45) is 0 Å². The SMILES string of the molecule is C1=CCC=C(N(c2ccccc2)c2ccc(N(c3ccccc3)c3ccc(-c4nc5cccc(-c6cccc(-c7ccccc7)c6)c5nc4-c4ccccc4)cc3)cc2)C=C1. The number of allylic oxidation sites excluding steroid dienone is 5. The number of para-hydroxylation sites is 3. The highest BCUT2D eigenvalue weighted by atomic mass is 15.2. The standard InChI is InChI=1S/C57H42N4/c1-2-12-26-47(25-11-1)60(48-27-13-5-14-28-48)51-37-39-52(40-38-51)61(49-29-15-6-16-30-49)50-35-33-44(34-36-50)55-56(43-21-9-4-10-22-43)59-57-53(31-18-32-54(57)58-55)46-24-17-23-45(41-46)42-19-7-3-8-20-42/h1-11,13-41H,12H2. The van der Waals surface area contributed by atoms with Gasteiger partial charge in [-0.25, -0.2) is 9.97 Å². The summed E-state index contributed by atoms with van der Waals surface area (Å²) >= 11 is 0. The zero-order valence-corrected chi connectivity index (χ0v) is 33.6. The van der Waals surface area contributed by atoms with Gasteiger partial charge in [-0.2, -0.15) is 0 Å². The van der Waals surface area contributed by atoms with Gasteiger partial charge in [0, 0.05) is 50.8 Å². The summed E-state index contributed by atoms with van der Waals surface area (Å²) in [6.45, 7) is 0. The van der Waals surface area contributed by atoms with Gasteiger partial charge in [-0.3, -0.25) is 0 Å². The predicted molar refractivity (Wildman–Crippen MR) is 256 cm³/mol. The van der Waals surface area contributed by atoms with Gasteiger partial charge in [0.1, 0.15) is 0 Å². The van der Waals surface area contributed by atoms with Crippen molar-refractivity contribution in [3.63, 3.8) is 0 Å².